The van der Waals surface area contributed by atoms with Crippen molar-refractivity contribution in [1.29, 1.82) is 5.26 Å². The average Bonchev–Trinajstić information content (AvgIpc) is 3.50. The molecule has 1 aliphatic rings. The van der Waals surface area contributed by atoms with Crippen molar-refractivity contribution in [1.82, 2.24) is 14.9 Å². The number of halogens is 1. The lowest BCUT2D eigenvalue weighted by atomic mass is 9.93. The molecule has 33 heavy (non-hydrogen) atoms. The van der Waals surface area contributed by atoms with Gasteiger partial charge in [-0.1, -0.05) is 29.8 Å². The van der Waals surface area contributed by atoms with Gasteiger partial charge in [0.15, 0.2) is 5.01 Å². The average molecular weight is 478 g/mol. The van der Waals surface area contributed by atoms with E-state index in [0.717, 1.165) is 29.7 Å². The third-order valence-corrected chi connectivity index (χ3v) is 6.80. The van der Waals surface area contributed by atoms with Gasteiger partial charge in [0.2, 0.25) is 0 Å². The Labute approximate surface area is 200 Å². The first-order valence-corrected chi connectivity index (χ1v) is 11.4. The van der Waals surface area contributed by atoms with Gasteiger partial charge in [0.1, 0.15) is 11.2 Å². The van der Waals surface area contributed by atoms with Crippen molar-refractivity contribution in [2.45, 2.75) is 24.3 Å². The summed E-state index contributed by atoms with van der Waals surface area (Å²) < 4.78 is 0. The first-order valence-electron chi connectivity index (χ1n) is 10.2. The predicted molar refractivity (Wildman–Crippen MR) is 128 cm³/mol. The zero-order valence-electron chi connectivity index (χ0n) is 17.7. The normalized spacial score (nSPS) is 14.6. The fourth-order valence-corrected chi connectivity index (χ4v) is 4.52. The van der Waals surface area contributed by atoms with E-state index in [9.17, 15) is 15.2 Å². The maximum atomic E-state index is 12.7. The van der Waals surface area contributed by atoms with Crippen LogP contribution in [0.25, 0.3) is 11.1 Å². The molecule has 166 valence electrons. The molecule has 4 rings (SSSR count). The van der Waals surface area contributed by atoms with Crippen molar-refractivity contribution in [3.8, 4) is 29.5 Å². The second kappa shape index (κ2) is 9.21. The van der Waals surface area contributed by atoms with Crippen LogP contribution in [0.3, 0.4) is 0 Å². The number of nitrogens with one attached hydrogen (secondary N) is 1. The highest BCUT2D eigenvalue weighted by atomic mass is 35.5. The molecule has 2 heterocycles. The SMILES string of the molecule is C#Cc1nc(NC(=O)N(C)[C@@H](CO)c2ccc(-c3cccnc3C3(C#N)CC3)c(Cl)c2)cs1. The molecule has 2 N–H and O–H groups in total. The van der Waals surface area contributed by atoms with E-state index in [1.165, 1.54) is 16.2 Å². The first kappa shape index (κ1) is 22.8. The molecule has 1 aromatic carbocycles. The van der Waals surface area contributed by atoms with Crippen LogP contribution in [0.4, 0.5) is 10.6 Å². The van der Waals surface area contributed by atoms with Gasteiger partial charge in [-0.15, -0.1) is 17.8 Å². The van der Waals surface area contributed by atoms with Gasteiger partial charge in [0.25, 0.3) is 0 Å². The van der Waals surface area contributed by atoms with Crippen LogP contribution in [0, 0.1) is 23.7 Å². The number of likely N-dealkylation sites (N-methyl/N-ethyl adjacent to an activating group) is 1. The summed E-state index contributed by atoms with van der Waals surface area (Å²) in [4.78, 5) is 22.7. The molecule has 2 amide bonds. The second-order valence-electron chi connectivity index (χ2n) is 7.75. The Morgan fingerprint density at radius 2 is 2.21 bits per heavy atom. The quantitative estimate of drug-likeness (QED) is 0.505. The number of hydrogen-bond donors (Lipinski definition) is 2. The molecule has 2 aromatic heterocycles. The van der Waals surface area contributed by atoms with Gasteiger partial charge in [-0.3, -0.25) is 10.3 Å². The summed E-state index contributed by atoms with van der Waals surface area (Å²) in [7, 11) is 1.58. The van der Waals surface area contributed by atoms with Crippen LogP contribution in [0.1, 0.15) is 35.1 Å². The fraction of sp³-hybridized carbons (Fsp3) is 0.250. The highest BCUT2D eigenvalue weighted by Gasteiger charge is 2.47. The summed E-state index contributed by atoms with van der Waals surface area (Å²) >= 11 is 7.90. The Bertz CT molecular complexity index is 1290. The van der Waals surface area contributed by atoms with Gasteiger partial charge in [-0.25, -0.2) is 9.78 Å². The van der Waals surface area contributed by atoms with Crippen LogP contribution < -0.4 is 5.32 Å². The number of nitrogens with zero attached hydrogens (tertiary/aromatic N) is 4. The molecular weight excluding hydrogens is 458 g/mol. The van der Waals surface area contributed by atoms with Crippen LogP contribution in [0.2, 0.25) is 5.02 Å². The first-order chi connectivity index (χ1) is 15.9. The third-order valence-electron chi connectivity index (χ3n) is 5.72. The molecule has 0 spiro atoms. The van der Waals surface area contributed by atoms with E-state index in [1.54, 1.807) is 24.7 Å². The monoisotopic (exact) mass is 477 g/mol. The molecule has 1 fully saturated rings. The van der Waals surface area contributed by atoms with E-state index in [1.807, 2.05) is 24.3 Å². The zero-order chi connectivity index (χ0) is 23.6. The maximum absolute atomic E-state index is 12.7. The summed E-state index contributed by atoms with van der Waals surface area (Å²) in [6.07, 6.45) is 8.56. The number of aromatic nitrogens is 2. The van der Waals surface area contributed by atoms with E-state index in [0.29, 0.717) is 21.4 Å². The highest BCUT2D eigenvalue weighted by Crippen LogP contribution is 2.50. The van der Waals surface area contributed by atoms with Crippen LogP contribution in [-0.4, -0.2) is 39.7 Å². The Kier molecular flexibility index (Phi) is 6.35. The van der Waals surface area contributed by atoms with E-state index in [4.69, 9.17) is 18.0 Å². The van der Waals surface area contributed by atoms with Crippen LogP contribution in [0.5, 0.6) is 0 Å². The van der Waals surface area contributed by atoms with Gasteiger partial charge in [0, 0.05) is 34.8 Å². The number of aliphatic hydroxyl groups excluding tert-OH is 1. The van der Waals surface area contributed by atoms with Crippen molar-refractivity contribution >= 4 is 34.8 Å². The van der Waals surface area contributed by atoms with Gasteiger partial charge >= 0.3 is 6.03 Å². The van der Waals surface area contributed by atoms with Crippen LogP contribution >= 0.6 is 22.9 Å². The van der Waals surface area contributed by atoms with Crippen molar-refractivity contribution in [3.05, 3.63) is 63.2 Å². The highest BCUT2D eigenvalue weighted by molar-refractivity contribution is 7.10. The number of anilines is 1. The number of carbonyl (C=O) groups is 1. The maximum Gasteiger partial charge on any atom is 0.323 e. The summed E-state index contributed by atoms with van der Waals surface area (Å²) in [5.74, 6) is 2.77. The van der Waals surface area contributed by atoms with Crippen molar-refractivity contribution in [2.24, 2.45) is 0 Å². The number of urea groups is 1. The number of hydrogen-bond acceptors (Lipinski definition) is 6. The smallest absolute Gasteiger partial charge is 0.323 e. The van der Waals surface area contributed by atoms with Crippen LogP contribution in [-0.2, 0) is 5.41 Å². The van der Waals surface area contributed by atoms with E-state index in [-0.39, 0.29) is 6.61 Å². The number of thiazole rings is 1. The lowest BCUT2D eigenvalue weighted by Crippen LogP contribution is -2.36. The Morgan fingerprint density at radius 3 is 2.82 bits per heavy atom. The molecular formula is C24H20ClN5O2S. The van der Waals surface area contributed by atoms with Gasteiger partial charge in [-0.05, 0) is 36.5 Å². The number of rotatable bonds is 6. The molecule has 9 heteroatoms. The minimum Gasteiger partial charge on any atom is -0.394 e. The second-order valence-corrected chi connectivity index (χ2v) is 9.02. The van der Waals surface area contributed by atoms with Crippen molar-refractivity contribution in [3.63, 3.8) is 0 Å². The minimum absolute atomic E-state index is 0.304. The van der Waals surface area contributed by atoms with Gasteiger partial charge in [-0.2, -0.15) is 5.26 Å². The number of amides is 2. The predicted octanol–water partition coefficient (Wildman–Crippen LogP) is 4.59. The largest absolute Gasteiger partial charge is 0.394 e. The molecule has 0 unspecified atom stereocenters. The van der Waals surface area contributed by atoms with E-state index >= 15 is 0 Å². The number of aliphatic hydroxyl groups is 1. The Morgan fingerprint density at radius 1 is 1.42 bits per heavy atom. The third kappa shape index (κ3) is 4.42. The topological polar surface area (TPSA) is 102 Å². The molecule has 1 atom stereocenters. The molecule has 7 nitrogen and oxygen atoms in total. The van der Waals surface area contributed by atoms with Gasteiger partial charge in [0.05, 0.1) is 24.4 Å². The summed E-state index contributed by atoms with van der Waals surface area (Å²) in [5, 5.41) is 24.9. The standard InChI is InChI=1S/C24H20ClN5O2S/c1-3-21-28-20(13-33-21)29-23(32)30(2)19(12-31)15-6-7-16(18(25)11-15)17-5-4-10-27-22(17)24(14-26)8-9-24/h1,4-7,10-11,13,19,31H,8-9,12H2,2H3,(H,29,32)/t19-/m0/s1. The molecule has 1 saturated carbocycles. The fourth-order valence-electron chi connectivity index (χ4n) is 3.68. The Hall–Kier alpha value is -3.43. The van der Waals surface area contributed by atoms with Crippen molar-refractivity contribution in [2.75, 3.05) is 19.0 Å². The Balaban J connectivity index is 1.59. The lowest BCUT2D eigenvalue weighted by molar-refractivity contribution is 0.159. The van der Waals surface area contributed by atoms with Gasteiger partial charge < -0.3 is 10.0 Å². The zero-order valence-corrected chi connectivity index (χ0v) is 19.3. The van der Waals surface area contributed by atoms with E-state index < -0.39 is 17.5 Å². The minimum atomic E-state index is -0.635. The molecule has 0 bridgehead atoms. The number of terminal acetylenes is 1. The van der Waals surface area contributed by atoms with Crippen molar-refractivity contribution < 1.29 is 9.90 Å². The van der Waals surface area contributed by atoms with E-state index in [2.05, 4.69) is 27.3 Å². The van der Waals surface area contributed by atoms with Crippen LogP contribution in [0.15, 0.2) is 41.9 Å². The molecule has 1 aliphatic carbocycles. The summed E-state index contributed by atoms with van der Waals surface area (Å²) in [6, 6.07) is 10.4. The molecule has 0 saturated heterocycles. The number of carbonyl (C=O) groups excluding carboxylic acids is 1. The number of pyridine rings is 1. The summed E-state index contributed by atoms with van der Waals surface area (Å²) in [5.41, 5.74) is 2.40. The number of nitriles is 1. The number of benzene rings is 1. The molecule has 0 radical (unpaired) electrons. The molecule has 0 aliphatic heterocycles. The summed E-state index contributed by atoms with van der Waals surface area (Å²) in [6.45, 7) is -0.304. The lowest BCUT2D eigenvalue weighted by Gasteiger charge is -2.27. The molecule has 3 aromatic rings.